The molecule has 0 unspecified atom stereocenters. The van der Waals surface area contributed by atoms with Crippen LogP contribution in [0, 0.1) is 13.8 Å². The van der Waals surface area contributed by atoms with Gasteiger partial charge in [0.25, 0.3) is 5.56 Å². The third kappa shape index (κ3) is 2.85. The zero-order chi connectivity index (χ0) is 20.9. The van der Waals surface area contributed by atoms with E-state index in [0.717, 1.165) is 17.0 Å². The summed E-state index contributed by atoms with van der Waals surface area (Å²) in [6.45, 7) is 8.37. The predicted molar refractivity (Wildman–Crippen MR) is 116 cm³/mol. The zero-order valence-electron chi connectivity index (χ0n) is 17.4. The highest BCUT2D eigenvalue weighted by molar-refractivity contribution is 5.76. The van der Waals surface area contributed by atoms with Gasteiger partial charge in [0.15, 0.2) is 11.2 Å². The lowest BCUT2D eigenvalue weighted by molar-refractivity contribution is 0.600. The topological polar surface area (TPSA) is 66.2 Å². The molecule has 0 amide bonds. The molecule has 7 heteroatoms. The Morgan fingerprint density at radius 1 is 1.07 bits per heavy atom. The van der Waals surface area contributed by atoms with Crippen molar-refractivity contribution in [3.8, 4) is 0 Å². The van der Waals surface area contributed by atoms with Gasteiger partial charge in [-0.25, -0.2) is 4.79 Å². The minimum absolute atomic E-state index is 0.191. The average molecular weight is 391 g/mol. The van der Waals surface area contributed by atoms with Crippen molar-refractivity contribution in [1.82, 2.24) is 23.1 Å². The van der Waals surface area contributed by atoms with Crippen LogP contribution in [0.3, 0.4) is 0 Å². The van der Waals surface area contributed by atoms with Gasteiger partial charge in [-0.1, -0.05) is 42.5 Å². The number of aryl methyl sites for hydroxylation is 2. The van der Waals surface area contributed by atoms with Crippen LogP contribution in [0.4, 0.5) is 0 Å². The van der Waals surface area contributed by atoms with Gasteiger partial charge in [0.1, 0.15) is 0 Å². The van der Waals surface area contributed by atoms with E-state index in [9.17, 15) is 9.59 Å². The Morgan fingerprint density at radius 2 is 1.76 bits per heavy atom. The fourth-order valence-electron chi connectivity index (χ4n) is 3.91. The monoisotopic (exact) mass is 391 g/mol. The van der Waals surface area contributed by atoms with E-state index in [0.29, 0.717) is 16.9 Å². The Kier molecular flexibility index (Phi) is 4.53. The van der Waals surface area contributed by atoms with E-state index < -0.39 is 0 Å². The van der Waals surface area contributed by atoms with Crippen molar-refractivity contribution in [2.24, 2.45) is 7.05 Å². The number of fused-ring (bicyclic) bond motifs is 3. The van der Waals surface area contributed by atoms with E-state index in [-0.39, 0.29) is 23.8 Å². The highest BCUT2D eigenvalue weighted by atomic mass is 16.2. The summed E-state index contributed by atoms with van der Waals surface area (Å²) >= 11 is 0. The fourth-order valence-corrected chi connectivity index (χ4v) is 3.91. The third-order valence-electron chi connectivity index (χ3n) is 5.47. The molecule has 150 valence electrons. The fraction of sp³-hybridized carbons (Fsp3) is 0.318. The Hall–Kier alpha value is -3.35. The third-order valence-corrected chi connectivity index (χ3v) is 5.47. The average Bonchev–Trinajstić information content (AvgIpc) is 3.19. The lowest BCUT2D eigenvalue weighted by atomic mass is 10.2. The first-order valence-electron chi connectivity index (χ1n) is 9.74. The molecule has 0 saturated carbocycles. The Balaban J connectivity index is 1.94. The number of aromatic nitrogens is 5. The van der Waals surface area contributed by atoms with Gasteiger partial charge in [-0.05, 0) is 33.3 Å². The molecule has 29 heavy (non-hydrogen) atoms. The van der Waals surface area contributed by atoms with Gasteiger partial charge in [-0.3, -0.25) is 18.3 Å². The molecule has 0 aliphatic rings. The molecule has 0 spiro atoms. The van der Waals surface area contributed by atoms with Gasteiger partial charge in [0.05, 0.1) is 0 Å². The second kappa shape index (κ2) is 6.92. The molecule has 1 aromatic carbocycles. The van der Waals surface area contributed by atoms with Crippen LogP contribution in [0.1, 0.15) is 36.8 Å². The van der Waals surface area contributed by atoms with Crippen molar-refractivity contribution in [3.63, 3.8) is 0 Å². The molecule has 0 N–H and O–H groups in total. The molecule has 0 radical (unpaired) electrons. The molecular weight excluding hydrogens is 366 g/mol. The second-order valence-electron chi connectivity index (χ2n) is 7.62. The predicted octanol–water partition coefficient (Wildman–Crippen LogP) is 3.06. The van der Waals surface area contributed by atoms with E-state index in [2.05, 4.69) is 23.4 Å². The zero-order valence-corrected chi connectivity index (χ0v) is 17.4. The van der Waals surface area contributed by atoms with Crippen molar-refractivity contribution in [1.29, 1.82) is 0 Å². The molecule has 0 aliphatic carbocycles. The number of benzene rings is 1. The largest absolute Gasteiger partial charge is 0.332 e. The molecule has 0 fully saturated rings. The van der Waals surface area contributed by atoms with Crippen LogP contribution in [-0.2, 0) is 13.6 Å². The van der Waals surface area contributed by atoms with Gasteiger partial charge in [0, 0.05) is 31.0 Å². The first kappa shape index (κ1) is 19.0. The lowest BCUT2D eigenvalue weighted by Gasteiger charge is -2.09. The van der Waals surface area contributed by atoms with Crippen LogP contribution < -0.4 is 11.2 Å². The van der Waals surface area contributed by atoms with Crippen LogP contribution >= 0.6 is 0 Å². The maximum Gasteiger partial charge on any atom is 0.332 e. The van der Waals surface area contributed by atoms with Crippen molar-refractivity contribution in [3.05, 3.63) is 74.2 Å². The van der Waals surface area contributed by atoms with Crippen molar-refractivity contribution in [2.75, 3.05) is 0 Å². The SMILES string of the molecule is Cc1c(C)n2c3c(=O)n(C/C=C\c4ccccc4)c(=O)n(C)c3nc2n1C(C)C. The van der Waals surface area contributed by atoms with Gasteiger partial charge in [0.2, 0.25) is 5.78 Å². The van der Waals surface area contributed by atoms with Gasteiger partial charge in [-0.15, -0.1) is 0 Å². The Labute approximate surface area is 168 Å². The number of allylic oxidation sites excluding steroid dienone is 1. The second-order valence-corrected chi connectivity index (χ2v) is 7.62. The summed E-state index contributed by atoms with van der Waals surface area (Å²) in [6, 6.07) is 9.99. The van der Waals surface area contributed by atoms with Crippen molar-refractivity contribution >= 4 is 23.0 Å². The summed E-state index contributed by atoms with van der Waals surface area (Å²) in [7, 11) is 1.66. The molecule has 3 aromatic heterocycles. The van der Waals surface area contributed by atoms with E-state index in [1.165, 1.54) is 9.13 Å². The summed E-state index contributed by atoms with van der Waals surface area (Å²) in [4.78, 5) is 30.8. The highest BCUT2D eigenvalue weighted by Crippen LogP contribution is 2.23. The number of hydrogen-bond acceptors (Lipinski definition) is 3. The summed E-state index contributed by atoms with van der Waals surface area (Å²) in [5.74, 6) is 0.690. The molecular formula is C22H25N5O2. The van der Waals surface area contributed by atoms with Crippen LogP contribution in [-0.4, -0.2) is 23.1 Å². The molecule has 4 aromatic rings. The van der Waals surface area contributed by atoms with E-state index in [4.69, 9.17) is 0 Å². The maximum absolute atomic E-state index is 13.3. The molecule has 4 rings (SSSR count). The minimum Gasteiger partial charge on any atom is -0.311 e. The molecule has 0 aliphatic heterocycles. The van der Waals surface area contributed by atoms with Crippen LogP contribution in [0.2, 0.25) is 0 Å². The lowest BCUT2D eigenvalue weighted by Crippen LogP contribution is -2.39. The quantitative estimate of drug-likeness (QED) is 0.537. The molecule has 0 saturated heterocycles. The van der Waals surface area contributed by atoms with Gasteiger partial charge in [-0.2, -0.15) is 4.98 Å². The van der Waals surface area contributed by atoms with Gasteiger partial charge >= 0.3 is 5.69 Å². The molecule has 0 bridgehead atoms. The standard InChI is InChI=1S/C22H25N5O2/c1-14(2)26-15(3)16(4)27-18-19(23-21(26)27)24(5)22(29)25(20(18)28)13-9-12-17-10-7-6-8-11-17/h6-12,14H,13H2,1-5H3/b12-9-. The Morgan fingerprint density at radius 3 is 2.41 bits per heavy atom. The van der Waals surface area contributed by atoms with E-state index in [1.807, 2.05) is 60.7 Å². The summed E-state index contributed by atoms with van der Waals surface area (Å²) in [5, 5.41) is 0. The van der Waals surface area contributed by atoms with Crippen molar-refractivity contribution < 1.29 is 0 Å². The maximum atomic E-state index is 13.3. The number of hydrogen-bond donors (Lipinski definition) is 0. The van der Waals surface area contributed by atoms with Crippen LogP contribution in [0.25, 0.3) is 23.0 Å². The molecule has 3 heterocycles. The van der Waals surface area contributed by atoms with Crippen LogP contribution in [0.15, 0.2) is 46.0 Å². The smallest absolute Gasteiger partial charge is 0.311 e. The Bertz CT molecular complexity index is 1360. The summed E-state index contributed by atoms with van der Waals surface area (Å²) in [6.07, 6.45) is 3.74. The highest BCUT2D eigenvalue weighted by Gasteiger charge is 2.23. The normalized spacial score (nSPS) is 12.2. The number of rotatable bonds is 4. The summed E-state index contributed by atoms with van der Waals surface area (Å²) < 4.78 is 6.69. The number of imidazole rings is 2. The number of nitrogens with zero attached hydrogens (tertiary/aromatic N) is 5. The first-order chi connectivity index (χ1) is 13.8. The minimum atomic E-state index is -0.369. The molecule has 0 atom stereocenters. The van der Waals surface area contributed by atoms with Crippen LogP contribution in [0.5, 0.6) is 0 Å². The van der Waals surface area contributed by atoms with Crippen molar-refractivity contribution in [2.45, 2.75) is 40.3 Å². The van der Waals surface area contributed by atoms with E-state index in [1.54, 1.807) is 7.05 Å². The first-order valence-corrected chi connectivity index (χ1v) is 9.74. The summed E-state index contributed by atoms with van der Waals surface area (Å²) in [5.41, 5.74) is 3.20. The molecule has 7 nitrogen and oxygen atoms in total. The van der Waals surface area contributed by atoms with Gasteiger partial charge < -0.3 is 4.57 Å². The van der Waals surface area contributed by atoms with E-state index >= 15 is 0 Å².